The van der Waals surface area contributed by atoms with Gasteiger partial charge in [0.25, 0.3) is 11.8 Å². The number of amides is 2. The number of nitrogens with one attached hydrogen (secondary N) is 2. The first-order valence-corrected chi connectivity index (χ1v) is 13.5. The van der Waals surface area contributed by atoms with Gasteiger partial charge in [0.2, 0.25) is 0 Å². The van der Waals surface area contributed by atoms with Gasteiger partial charge in [0.05, 0.1) is 24.4 Å². The van der Waals surface area contributed by atoms with Crippen LogP contribution in [0.1, 0.15) is 83.6 Å². The molecule has 0 saturated heterocycles. The number of fused-ring (bicyclic) bond motifs is 2. The van der Waals surface area contributed by atoms with Gasteiger partial charge >= 0.3 is 0 Å². The summed E-state index contributed by atoms with van der Waals surface area (Å²) < 4.78 is 0. The van der Waals surface area contributed by atoms with Crippen LogP contribution in [0.2, 0.25) is 0 Å². The van der Waals surface area contributed by atoms with E-state index < -0.39 is 0 Å². The predicted octanol–water partition coefficient (Wildman–Crippen LogP) is 4.78. The molecule has 2 heterocycles. The number of nitrogens with zero attached hydrogens (tertiary/aromatic N) is 3. The predicted molar refractivity (Wildman–Crippen MR) is 150 cm³/mol. The number of carbonyl (C=O) groups excluding carboxylic acids is 2. The van der Waals surface area contributed by atoms with E-state index >= 15 is 0 Å². The van der Waals surface area contributed by atoms with Gasteiger partial charge in [-0.1, -0.05) is 39.0 Å². The number of hydrogen-bond acceptors (Lipinski definition) is 5. The Balaban J connectivity index is 0.00000112. The Kier molecular flexibility index (Phi) is 8.51. The molecule has 8 heteroatoms. The molecular formula is C31H37N5O3. The molecule has 0 bridgehead atoms. The Hall–Kier alpha value is -3.96. The highest BCUT2D eigenvalue weighted by molar-refractivity contribution is 5.99. The van der Waals surface area contributed by atoms with E-state index in [9.17, 15) is 14.7 Å². The molecule has 204 valence electrons. The molecule has 2 aliphatic rings. The lowest BCUT2D eigenvalue weighted by atomic mass is 9.76. The third-order valence-corrected chi connectivity index (χ3v) is 7.56. The van der Waals surface area contributed by atoms with Crippen LogP contribution in [0, 0.1) is 16.7 Å². The van der Waals surface area contributed by atoms with Crippen molar-refractivity contribution in [2.75, 3.05) is 6.61 Å². The maximum Gasteiger partial charge on any atom is 0.254 e. The quantitative estimate of drug-likeness (QED) is 0.408. The topological polar surface area (TPSA) is 122 Å². The van der Waals surface area contributed by atoms with Crippen LogP contribution in [0.15, 0.2) is 42.5 Å². The van der Waals surface area contributed by atoms with Crippen LogP contribution in [0.25, 0.3) is 11.3 Å². The minimum absolute atomic E-state index is 0.0258. The summed E-state index contributed by atoms with van der Waals surface area (Å²) in [5, 5.41) is 27.4. The minimum atomic E-state index is -0.249. The highest BCUT2D eigenvalue weighted by Gasteiger charge is 2.31. The molecule has 1 aromatic heterocycles. The van der Waals surface area contributed by atoms with Crippen molar-refractivity contribution in [1.82, 2.24) is 20.4 Å². The lowest BCUT2D eigenvalue weighted by Crippen LogP contribution is -2.36. The second-order valence-corrected chi connectivity index (χ2v) is 11.1. The summed E-state index contributed by atoms with van der Waals surface area (Å²) in [6.45, 7) is 8.90. The van der Waals surface area contributed by atoms with Crippen LogP contribution in [0.3, 0.4) is 0 Å². The van der Waals surface area contributed by atoms with E-state index in [0.29, 0.717) is 30.5 Å². The number of H-pyrrole nitrogens is 1. The maximum absolute atomic E-state index is 13.1. The first-order valence-electron chi connectivity index (χ1n) is 13.5. The molecule has 0 radical (unpaired) electrons. The van der Waals surface area contributed by atoms with Crippen molar-refractivity contribution >= 4 is 11.8 Å². The molecular weight excluding hydrogens is 490 g/mol. The summed E-state index contributed by atoms with van der Waals surface area (Å²) >= 11 is 0. The van der Waals surface area contributed by atoms with Crippen molar-refractivity contribution in [2.24, 2.45) is 5.41 Å². The Morgan fingerprint density at radius 1 is 1.26 bits per heavy atom. The van der Waals surface area contributed by atoms with Gasteiger partial charge < -0.3 is 15.3 Å². The van der Waals surface area contributed by atoms with Crippen molar-refractivity contribution in [3.63, 3.8) is 0 Å². The average Bonchev–Trinajstić information content (AvgIpc) is 3.47. The van der Waals surface area contributed by atoms with Gasteiger partial charge in [-0.3, -0.25) is 14.7 Å². The van der Waals surface area contributed by atoms with E-state index in [1.165, 1.54) is 18.2 Å². The molecule has 0 unspecified atom stereocenters. The molecule has 0 spiro atoms. The van der Waals surface area contributed by atoms with E-state index in [1.54, 1.807) is 18.2 Å². The summed E-state index contributed by atoms with van der Waals surface area (Å²) in [6.07, 6.45) is 3.84. The molecule has 1 aliphatic heterocycles. The molecule has 39 heavy (non-hydrogen) atoms. The number of aromatic nitrogens is 2. The fourth-order valence-corrected chi connectivity index (χ4v) is 5.27. The highest BCUT2D eigenvalue weighted by atomic mass is 16.3. The van der Waals surface area contributed by atoms with E-state index in [1.807, 2.05) is 36.1 Å². The molecule has 8 nitrogen and oxygen atoms in total. The summed E-state index contributed by atoms with van der Waals surface area (Å²) in [4.78, 5) is 27.3. The molecule has 0 fully saturated rings. The Labute approximate surface area is 230 Å². The number of rotatable bonds is 7. The van der Waals surface area contributed by atoms with Gasteiger partial charge in [-0.15, -0.1) is 0 Å². The SMILES string of the molecule is CC#N.CC[C@H](CO)NC(=O)c1ccc(CN2Cc3cc(-c4n[nH]c5c4CCC(C)(C)C5)ccc3C2=O)cc1. The molecule has 3 N–H and O–H groups in total. The molecule has 0 saturated carbocycles. The summed E-state index contributed by atoms with van der Waals surface area (Å²) in [7, 11) is 0. The zero-order valence-electron chi connectivity index (χ0n) is 23.2. The molecule has 2 amide bonds. The number of carbonyl (C=O) groups is 2. The number of aliphatic hydroxyl groups excluding tert-OH is 1. The van der Waals surface area contributed by atoms with Gasteiger partial charge in [-0.2, -0.15) is 10.4 Å². The van der Waals surface area contributed by atoms with Crippen LogP contribution in [-0.4, -0.2) is 44.7 Å². The zero-order chi connectivity index (χ0) is 28.2. The number of aromatic amines is 1. The maximum atomic E-state index is 13.1. The van der Waals surface area contributed by atoms with Crippen LogP contribution in [0.5, 0.6) is 0 Å². The molecule has 2 aromatic carbocycles. The second-order valence-electron chi connectivity index (χ2n) is 11.1. The molecule has 3 aromatic rings. The van der Waals surface area contributed by atoms with Gasteiger partial charge in [0.15, 0.2) is 0 Å². The van der Waals surface area contributed by atoms with Gasteiger partial charge in [0.1, 0.15) is 0 Å². The van der Waals surface area contributed by atoms with Crippen molar-refractivity contribution in [1.29, 1.82) is 5.26 Å². The summed E-state index contributed by atoms with van der Waals surface area (Å²) in [5.74, 6) is -0.179. The van der Waals surface area contributed by atoms with Crippen LogP contribution < -0.4 is 5.32 Å². The average molecular weight is 528 g/mol. The Morgan fingerprint density at radius 3 is 2.64 bits per heavy atom. The van der Waals surface area contributed by atoms with E-state index in [0.717, 1.165) is 47.2 Å². The molecule has 1 atom stereocenters. The lowest BCUT2D eigenvalue weighted by Gasteiger charge is -2.29. The monoisotopic (exact) mass is 527 g/mol. The van der Waals surface area contributed by atoms with Crippen molar-refractivity contribution in [3.05, 3.63) is 76.0 Å². The Bertz CT molecular complexity index is 1380. The third-order valence-electron chi connectivity index (χ3n) is 7.56. The standard InChI is InChI=1S/C29H34N4O3.C2H3N/c1-4-22(17-34)30-27(35)19-7-5-18(6-8-19)15-33-16-21-13-20(9-10-23(21)28(33)36)26-24-11-12-29(2,3)14-25(24)31-32-26;1-2-3/h5-10,13,22,34H,4,11-12,14-17H2,1-3H3,(H,30,35)(H,31,32);1H3/t22-;/m1./s1. The third kappa shape index (κ3) is 6.21. The number of aliphatic hydroxyl groups is 1. The molecule has 1 aliphatic carbocycles. The fraction of sp³-hybridized carbons (Fsp3) is 0.419. The first-order chi connectivity index (χ1) is 18.7. The van der Waals surface area contributed by atoms with Crippen molar-refractivity contribution in [2.45, 2.75) is 72.5 Å². The van der Waals surface area contributed by atoms with Crippen LogP contribution >= 0.6 is 0 Å². The fourth-order valence-electron chi connectivity index (χ4n) is 5.27. The number of benzene rings is 2. The highest BCUT2D eigenvalue weighted by Crippen LogP contribution is 2.38. The number of hydrogen-bond donors (Lipinski definition) is 3. The van der Waals surface area contributed by atoms with E-state index in [4.69, 9.17) is 5.26 Å². The van der Waals surface area contributed by atoms with E-state index in [-0.39, 0.29) is 24.5 Å². The van der Waals surface area contributed by atoms with Gasteiger partial charge in [0, 0.05) is 48.0 Å². The largest absolute Gasteiger partial charge is 0.394 e. The summed E-state index contributed by atoms with van der Waals surface area (Å²) in [5.41, 5.74) is 8.18. The smallest absolute Gasteiger partial charge is 0.254 e. The van der Waals surface area contributed by atoms with Crippen LogP contribution in [-0.2, 0) is 25.9 Å². The van der Waals surface area contributed by atoms with Crippen molar-refractivity contribution in [3.8, 4) is 17.3 Å². The number of nitriles is 1. The second kappa shape index (κ2) is 11.8. The minimum Gasteiger partial charge on any atom is -0.394 e. The van der Waals surface area contributed by atoms with Gasteiger partial charge in [-0.05, 0) is 66.5 Å². The first kappa shape index (κ1) is 28.1. The van der Waals surface area contributed by atoms with Crippen LogP contribution in [0.4, 0.5) is 0 Å². The molecule has 5 rings (SSSR count). The zero-order valence-corrected chi connectivity index (χ0v) is 23.2. The lowest BCUT2D eigenvalue weighted by molar-refractivity contribution is 0.0766. The van der Waals surface area contributed by atoms with Gasteiger partial charge in [-0.25, -0.2) is 0 Å². The Morgan fingerprint density at radius 2 is 1.97 bits per heavy atom. The van der Waals surface area contributed by atoms with Crippen molar-refractivity contribution < 1.29 is 14.7 Å². The summed E-state index contributed by atoms with van der Waals surface area (Å²) in [6, 6.07) is 14.9. The normalized spacial score (nSPS) is 15.9. The van der Waals surface area contributed by atoms with E-state index in [2.05, 4.69) is 35.4 Å².